The van der Waals surface area contributed by atoms with E-state index < -0.39 is 5.97 Å². The van der Waals surface area contributed by atoms with Gasteiger partial charge in [0.2, 0.25) is 0 Å². The molecular weight excluding hydrogens is 350 g/mol. The summed E-state index contributed by atoms with van der Waals surface area (Å²) in [5, 5.41) is 3.11. The van der Waals surface area contributed by atoms with Crippen LogP contribution in [0.5, 0.6) is 0 Å². The van der Waals surface area contributed by atoms with Gasteiger partial charge in [0.15, 0.2) is 0 Å². The van der Waals surface area contributed by atoms with E-state index in [1.54, 1.807) is 24.3 Å². The van der Waals surface area contributed by atoms with Crippen molar-refractivity contribution in [3.63, 3.8) is 0 Å². The van der Waals surface area contributed by atoms with Crippen LogP contribution in [0.2, 0.25) is 5.02 Å². The van der Waals surface area contributed by atoms with Gasteiger partial charge in [0.1, 0.15) is 0 Å². The molecule has 0 heterocycles. The molecule has 0 saturated carbocycles. The smallest absolute Gasteiger partial charge is 0.337 e. The van der Waals surface area contributed by atoms with E-state index >= 15 is 0 Å². The van der Waals surface area contributed by atoms with Crippen LogP contribution in [-0.2, 0) is 4.74 Å². The molecule has 0 saturated heterocycles. The Morgan fingerprint density at radius 1 is 0.923 bits per heavy atom. The molecule has 1 amide bonds. The number of halogens is 1. The summed E-state index contributed by atoms with van der Waals surface area (Å²) < 4.78 is 4.70. The second kappa shape index (κ2) is 7.85. The fourth-order valence-corrected chi connectivity index (χ4v) is 2.77. The van der Waals surface area contributed by atoms with Crippen LogP contribution in [0, 0.1) is 0 Å². The number of esters is 1. The summed E-state index contributed by atoms with van der Waals surface area (Å²) in [5.41, 5.74) is 2.92. The first kappa shape index (κ1) is 17.7. The Hall–Kier alpha value is -3.11. The maximum absolute atomic E-state index is 12.8. The minimum absolute atomic E-state index is 0.309. The fourth-order valence-electron chi connectivity index (χ4n) is 2.61. The van der Waals surface area contributed by atoms with E-state index in [0.29, 0.717) is 21.8 Å². The molecule has 4 nitrogen and oxygen atoms in total. The number of ether oxygens (including phenoxy) is 1. The lowest BCUT2D eigenvalue weighted by Gasteiger charge is -2.12. The molecule has 0 aromatic heterocycles. The summed E-state index contributed by atoms with van der Waals surface area (Å²) in [7, 11) is 1.30. The number of hydrogen-bond acceptors (Lipinski definition) is 3. The Bertz CT molecular complexity index is 954. The Morgan fingerprint density at radius 2 is 1.62 bits per heavy atom. The average molecular weight is 366 g/mol. The lowest BCUT2D eigenvalue weighted by Crippen LogP contribution is -2.14. The first-order valence-electron chi connectivity index (χ1n) is 7.94. The van der Waals surface area contributed by atoms with Crippen LogP contribution < -0.4 is 5.32 Å². The van der Waals surface area contributed by atoms with E-state index in [-0.39, 0.29) is 5.91 Å². The van der Waals surface area contributed by atoms with E-state index in [2.05, 4.69) is 5.32 Å². The van der Waals surface area contributed by atoms with Gasteiger partial charge in [-0.2, -0.15) is 0 Å². The first-order valence-corrected chi connectivity index (χ1v) is 8.31. The van der Waals surface area contributed by atoms with E-state index in [9.17, 15) is 9.59 Å². The normalized spacial score (nSPS) is 10.2. The van der Waals surface area contributed by atoms with Gasteiger partial charge in [0.25, 0.3) is 5.91 Å². The molecule has 0 spiro atoms. The van der Waals surface area contributed by atoms with Crippen molar-refractivity contribution < 1.29 is 14.3 Å². The third-order valence-corrected chi connectivity index (χ3v) is 4.22. The maximum Gasteiger partial charge on any atom is 0.337 e. The highest BCUT2D eigenvalue weighted by Crippen LogP contribution is 2.27. The molecule has 3 aromatic carbocycles. The van der Waals surface area contributed by atoms with E-state index in [0.717, 1.165) is 11.1 Å². The minimum atomic E-state index is -0.498. The predicted octanol–water partition coefficient (Wildman–Crippen LogP) is 5.05. The highest BCUT2D eigenvalue weighted by molar-refractivity contribution is 6.34. The topological polar surface area (TPSA) is 55.4 Å². The first-order chi connectivity index (χ1) is 12.6. The van der Waals surface area contributed by atoms with Crippen LogP contribution in [0.15, 0.2) is 72.8 Å². The zero-order valence-electron chi connectivity index (χ0n) is 14.0. The van der Waals surface area contributed by atoms with Crippen LogP contribution in [-0.4, -0.2) is 19.0 Å². The quantitative estimate of drug-likeness (QED) is 0.658. The zero-order chi connectivity index (χ0) is 18.5. The molecule has 3 aromatic rings. The van der Waals surface area contributed by atoms with Gasteiger partial charge in [-0.15, -0.1) is 0 Å². The van der Waals surface area contributed by atoms with Gasteiger partial charge in [-0.1, -0.05) is 60.1 Å². The molecule has 0 aliphatic carbocycles. The molecule has 130 valence electrons. The van der Waals surface area contributed by atoms with Gasteiger partial charge in [-0.25, -0.2) is 4.79 Å². The van der Waals surface area contributed by atoms with Crippen molar-refractivity contribution in [2.24, 2.45) is 0 Å². The number of anilines is 1. The molecule has 0 atom stereocenters. The van der Waals surface area contributed by atoms with Crippen molar-refractivity contribution >= 4 is 29.2 Å². The minimum Gasteiger partial charge on any atom is -0.465 e. The van der Waals surface area contributed by atoms with Crippen LogP contribution in [0.1, 0.15) is 20.7 Å². The molecule has 1 N–H and O–H groups in total. The SMILES string of the molecule is COC(=O)c1ccc(Cl)c(NC(=O)c2ccccc2-c2ccccc2)c1. The van der Waals surface area contributed by atoms with Gasteiger partial charge < -0.3 is 10.1 Å². The Labute approximate surface area is 156 Å². The van der Waals surface area contributed by atoms with Crippen molar-refractivity contribution in [1.29, 1.82) is 0 Å². The largest absolute Gasteiger partial charge is 0.465 e. The van der Waals surface area contributed by atoms with Crippen molar-refractivity contribution in [3.05, 3.63) is 88.9 Å². The number of hydrogen-bond donors (Lipinski definition) is 1. The van der Waals surface area contributed by atoms with E-state index in [1.807, 2.05) is 42.5 Å². The summed E-state index contributed by atoms with van der Waals surface area (Å²) in [6.07, 6.45) is 0. The number of amides is 1. The predicted molar refractivity (Wildman–Crippen MR) is 103 cm³/mol. The third kappa shape index (κ3) is 3.76. The van der Waals surface area contributed by atoms with Gasteiger partial charge in [0, 0.05) is 5.56 Å². The van der Waals surface area contributed by atoms with Gasteiger partial charge in [-0.05, 0) is 35.4 Å². The molecular formula is C21H16ClNO3. The van der Waals surface area contributed by atoms with Gasteiger partial charge in [0.05, 0.1) is 23.4 Å². The maximum atomic E-state index is 12.8. The number of rotatable bonds is 4. The standard InChI is InChI=1S/C21H16ClNO3/c1-26-21(25)15-11-12-18(22)19(13-15)23-20(24)17-10-6-5-9-16(17)14-7-3-2-4-8-14/h2-13H,1H3,(H,23,24). The molecule has 0 aliphatic heterocycles. The van der Waals surface area contributed by atoms with Crippen molar-refractivity contribution in [2.45, 2.75) is 0 Å². The Morgan fingerprint density at radius 3 is 2.35 bits per heavy atom. The monoisotopic (exact) mass is 365 g/mol. The van der Waals surface area contributed by atoms with E-state index in [1.165, 1.54) is 13.2 Å². The van der Waals surface area contributed by atoms with Crippen LogP contribution in [0.4, 0.5) is 5.69 Å². The summed E-state index contributed by atoms with van der Waals surface area (Å²) in [5.74, 6) is -0.810. The van der Waals surface area contributed by atoms with Crippen LogP contribution >= 0.6 is 11.6 Å². The molecule has 0 aliphatic rings. The number of methoxy groups -OCH3 is 1. The highest BCUT2D eigenvalue weighted by atomic mass is 35.5. The number of nitrogens with one attached hydrogen (secondary N) is 1. The van der Waals surface area contributed by atoms with Crippen molar-refractivity contribution in [1.82, 2.24) is 0 Å². The number of carbonyl (C=O) groups is 2. The molecule has 5 heteroatoms. The molecule has 0 fully saturated rings. The average Bonchev–Trinajstić information content (AvgIpc) is 2.69. The summed E-state index contributed by atoms with van der Waals surface area (Å²) >= 11 is 6.17. The summed E-state index contributed by atoms with van der Waals surface area (Å²) in [4.78, 5) is 24.5. The Balaban J connectivity index is 1.94. The fraction of sp³-hybridized carbons (Fsp3) is 0.0476. The Kier molecular flexibility index (Phi) is 5.34. The van der Waals surface area contributed by atoms with E-state index in [4.69, 9.17) is 16.3 Å². The van der Waals surface area contributed by atoms with Gasteiger partial charge >= 0.3 is 5.97 Å². The number of benzene rings is 3. The molecule has 0 bridgehead atoms. The third-order valence-electron chi connectivity index (χ3n) is 3.89. The van der Waals surface area contributed by atoms with Crippen LogP contribution in [0.25, 0.3) is 11.1 Å². The van der Waals surface area contributed by atoms with Crippen LogP contribution in [0.3, 0.4) is 0 Å². The van der Waals surface area contributed by atoms with Crippen molar-refractivity contribution in [2.75, 3.05) is 12.4 Å². The molecule has 3 rings (SSSR count). The lowest BCUT2D eigenvalue weighted by molar-refractivity contribution is 0.0600. The second-order valence-electron chi connectivity index (χ2n) is 5.55. The summed E-state index contributed by atoms with van der Waals surface area (Å²) in [6, 6.07) is 21.5. The highest BCUT2D eigenvalue weighted by Gasteiger charge is 2.15. The summed E-state index contributed by atoms with van der Waals surface area (Å²) in [6.45, 7) is 0. The molecule has 26 heavy (non-hydrogen) atoms. The molecule has 0 unspecified atom stereocenters. The zero-order valence-corrected chi connectivity index (χ0v) is 14.8. The molecule has 0 radical (unpaired) electrons. The van der Waals surface area contributed by atoms with Crippen molar-refractivity contribution in [3.8, 4) is 11.1 Å². The van der Waals surface area contributed by atoms with Gasteiger partial charge in [-0.3, -0.25) is 4.79 Å². The lowest BCUT2D eigenvalue weighted by atomic mass is 9.99. The second-order valence-corrected chi connectivity index (χ2v) is 5.96. The number of carbonyl (C=O) groups excluding carboxylic acids is 2.